The predicted octanol–water partition coefficient (Wildman–Crippen LogP) is 4.23. The zero-order valence-electron chi connectivity index (χ0n) is 12.8. The molecule has 0 radical (unpaired) electrons. The fourth-order valence-electron chi connectivity index (χ4n) is 2.46. The Labute approximate surface area is 125 Å². The first-order chi connectivity index (χ1) is 9.93. The third-order valence-electron chi connectivity index (χ3n) is 3.57. The Kier molecular flexibility index (Phi) is 6.92. The van der Waals surface area contributed by atoms with Crippen molar-refractivity contribution >= 4 is 11.9 Å². The molecule has 0 spiro atoms. The normalized spacial score (nSPS) is 10.8. The van der Waals surface area contributed by atoms with Crippen molar-refractivity contribution in [1.29, 1.82) is 0 Å². The van der Waals surface area contributed by atoms with Crippen LogP contribution in [0.4, 0.5) is 0 Å². The Hall–Kier alpha value is -1.84. The van der Waals surface area contributed by atoms with Gasteiger partial charge in [-0.25, -0.2) is 9.59 Å². The van der Waals surface area contributed by atoms with Crippen LogP contribution in [0.15, 0.2) is 18.2 Å². The van der Waals surface area contributed by atoms with Crippen LogP contribution in [0.25, 0.3) is 0 Å². The van der Waals surface area contributed by atoms with Crippen molar-refractivity contribution in [3.05, 3.63) is 34.9 Å². The van der Waals surface area contributed by atoms with Gasteiger partial charge in [0.05, 0.1) is 11.1 Å². The zero-order valence-corrected chi connectivity index (χ0v) is 12.8. The van der Waals surface area contributed by atoms with Gasteiger partial charge < -0.3 is 10.2 Å². The summed E-state index contributed by atoms with van der Waals surface area (Å²) in [6, 6.07) is 4.67. The van der Waals surface area contributed by atoms with E-state index in [9.17, 15) is 14.7 Å². The van der Waals surface area contributed by atoms with E-state index in [0.29, 0.717) is 12.0 Å². The van der Waals surface area contributed by atoms with Gasteiger partial charge >= 0.3 is 11.9 Å². The third kappa shape index (κ3) is 5.58. The maximum Gasteiger partial charge on any atom is 0.336 e. The van der Waals surface area contributed by atoms with Gasteiger partial charge in [-0.2, -0.15) is 0 Å². The van der Waals surface area contributed by atoms with Gasteiger partial charge in [0.25, 0.3) is 0 Å². The molecule has 116 valence electrons. The Morgan fingerprint density at radius 3 is 2.24 bits per heavy atom. The molecule has 0 saturated heterocycles. The molecule has 1 aromatic rings. The molecule has 0 aromatic heterocycles. The smallest absolute Gasteiger partial charge is 0.336 e. The molecule has 1 aromatic carbocycles. The quantitative estimate of drug-likeness (QED) is 0.668. The summed E-state index contributed by atoms with van der Waals surface area (Å²) in [6.07, 6.45) is 6.10. The zero-order chi connectivity index (χ0) is 15.8. The lowest BCUT2D eigenvalue weighted by Crippen LogP contribution is -2.11. The second-order valence-electron chi connectivity index (χ2n) is 5.80. The Morgan fingerprint density at radius 1 is 1.00 bits per heavy atom. The number of carboxylic acid groups (broad SMARTS) is 2. The molecule has 0 aliphatic carbocycles. The molecule has 0 atom stereocenters. The minimum Gasteiger partial charge on any atom is -0.478 e. The lowest BCUT2D eigenvalue weighted by molar-refractivity contribution is 0.0650. The van der Waals surface area contributed by atoms with Crippen LogP contribution in [0.3, 0.4) is 0 Å². The topological polar surface area (TPSA) is 74.6 Å². The van der Waals surface area contributed by atoms with Crippen LogP contribution in [0, 0.1) is 5.92 Å². The maximum absolute atomic E-state index is 11.3. The predicted molar refractivity (Wildman–Crippen MR) is 82.0 cm³/mol. The fraction of sp³-hybridized carbons (Fsp3) is 0.529. The summed E-state index contributed by atoms with van der Waals surface area (Å²) in [5, 5.41) is 18.3. The van der Waals surface area contributed by atoms with Crippen molar-refractivity contribution in [3.63, 3.8) is 0 Å². The van der Waals surface area contributed by atoms with Crippen LogP contribution in [0.1, 0.15) is 72.2 Å². The Morgan fingerprint density at radius 2 is 1.67 bits per heavy atom. The number of benzene rings is 1. The summed E-state index contributed by atoms with van der Waals surface area (Å²) < 4.78 is 0. The second kappa shape index (κ2) is 8.45. The molecule has 2 N–H and O–H groups in total. The molecule has 4 heteroatoms. The molecule has 0 amide bonds. The summed E-state index contributed by atoms with van der Waals surface area (Å²) in [4.78, 5) is 22.4. The number of carbonyl (C=O) groups is 2. The molecule has 0 unspecified atom stereocenters. The molecule has 0 aliphatic rings. The van der Waals surface area contributed by atoms with Crippen molar-refractivity contribution in [2.45, 2.75) is 52.4 Å². The van der Waals surface area contributed by atoms with Gasteiger partial charge in [-0.05, 0) is 30.4 Å². The van der Waals surface area contributed by atoms with Gasteiger partial charge in [0.15, 0.2) is 0 Å². The number of hydrogen-bond donors (Lipinski definition) is 2. The number of hydrogen-bond acceptors (Lipinski definition) is 2. The highest BCUT2D eigenvalue weighted by Crippen LogP contribution is 2.19. The number of rotatable bonds is 9. The highest BCUT2D eigenvalue weighted by Gasteiger charge is 2.19. The summed E-state index contributed by atoms with van der Waals surface area (Å²) in [5.41, 5.74) is 0.429. The van der Waals surface area contributed by atoms with Crippen molar-refractivity contribution in [3.8, 4) is 0 Å². The molecular formula is C17H24O4. The molecule has 0 heterocycles. The standard InChI is InChI=1S/C17H24O4/c1-12(2)8-5-3-4-6-9-13-10-7-11-14(16(18)19)15(13)17(20)21/h7,10-12H,3-6,8-9H2,1-2H3,(H,18,19)(H,20,21). The van der Waals surface area contributed by atoms with E-state index in [4.69, 9.17) is 5.11 Å². The SMILES string of the molecule is CC(C)CCCCCCc1cccc(C(=O)O)c1C(=O)O. The minimum absolute atomic E-state index is 0.0628. The Balaban J connectivity index is 2.61. The van der Waals surface area contributed by atoms with Gasteiger partial charge in [0.2, 0.25) is 0 Å². The molecular weight excluding hydrogens is 268 g/mol. The minimum atomic E-state index is -1.19. The highest BCUT2D eigenvalue weighted by molar-refractivity contribution is 6.02. The van der Waals surface area contributed by atoms with Gasteiger partial charge in [-0.3, -0.25) is 0 Å². The van der Waals surface area contributed by atoms with Crippen LogP contribution in [-0.2, 0) is 6.42 Å². The average molecular weight is 292 g/mol. The number of unbranched alkanes of at least 4 members (excludes halogenated alkanes) is 3. The van der Waals surface area contributed by atoms with Crippen LogP contribution >= 0.6 is 0 Å². The highest BCUT2D eigenvalue weighted by atomic mass is 16.4. The second-order valence-corrected chi connectivity index (χ2v) is 5.80. The fourth-order valence-corrected chi connectivity index (χ4v) is 2.46. The van der Waals surface area contributed by atoms with Gasteiger partial charge in [0, 0.05) is 0 Å². The van der Waals surface area contributed by atoms with Crippen LogP contribution in [0.2, 0.25) is 0 Å². The number of aromatic carboxylic acids is 2. The van der Waals surface area contributed by atoms with Gasteiger partial charge in [-0.15, -0.1) is 0 Å². The van der Waals surface area contributed by atoms with Crippen LogP contribution in [0.5, 0.6) is 0 Å². The van der Waals surface area contributed by atoms with E-state index < -0.39 is 11.9 Å². The van der Waals surface area contributed by atoms with Crippen molar-refractivity contribution in [2.75, 3.05) is 0 Å². The summed E-state index contributed by atoms with van der Waals surface area (Å²) in [6.45, 7) is 4.41. The lowest BCUT2D eigenvalue weighted by Gasteiger charge is -2.09. The average Bonchev–Trinajstić information content (AvgIpc) is 2.41. The van der Waals surface area contributed by atoms with Crippen molar-refractivity contribution in [1.82, 2.24) is 0 Å². The molecule has 1 rings (SSSR count). The van der Waals surface area contributed by atoms with Crippen molar-refractivity contribution in [2.24, 2.45) is 5.92 Å². The van der Waals surface area contributed by atoms with E-state index in [0.717, 1.165) is 25.2 Å². The largest absolute Gasteiger partial charge is 0.478 e. The van der Waals surface area contributed by atoms with Crippen LogP contribution in [-0.4, -0.2) is 22.2 Å². The first-order valence-corrected chi connectivity index (χ1v) is 7.52. The maximum atomic E-state index is 11.3. The van der Waals surface area contributed by atoms with E-state index in [-0.39, 0.29) is 11.1 Å². The Bertz CT molecular complexity index is 492. The summed E-state index contributed by atoms with van der Waals surface area (Å²) in [7, 11) is 0. The molecule has 21 heavy (non-hydrogen) atoms. The van der Waals surface area contributed by atoms with Crippen molar-refractivity contribution < 1.29 is 19.8 Å². The number of carboxylic acids is 2. The lowest BCUT2D eigenvalue weighted by atomic mass is 9.96. The van der Waals surface area contributed by atoms with E-state index in [2.05, 4.69) is 13.8 Å². The van der Waals surface area contributed by atoms with E-state index in [1.165, 1.54) is 18.9 Å². The molecule has 4 nitrogen and oxygen atoms in total. The molecule has 0 saturated carbocycles. The van der Waals surface area contributed by atoms with E-state index >= 15 is 0 Å². The van der Waals surface area contributed by atoms with E-state index in [1.54, 1.807) is 12.1 Å². The molecule has 0 fully saturated rings. The van der Waals surface area contributed by atoms with Gasteiger partial charge in [0.1, 0.15) is 0 Å². The number of aryl methyl sites for hydroxylation is 1. The first-order valence-electron chi connectivity index (χ1n) is 7.52. The summed E-state index contributed by atoms with van der Waals surface area (Å²) in [5.74, 6) is -1.63. The first kappa shape index (κ1) is 17.2. The van der Waals surface area contributed by atoms with Gasteiger partial charge in [-0.1, -0.05) is 51.7 Å². The summed E-state index contributed by atoms with van der Waals surface area (Å²) >= 11 is 0. The molecule has 0 aliphatic heterocycles. The van der Waals surface area contributed by atoms with Crippen LogP contribution < -0.4 is 0 Å². The molecule has 0 bridgehead atoms. The monoisotopic (exact) mass is 292 g/mol. The third-order valence-corrected chi connectivity index (χ3v) is 3.57. The van der Waals surface area contributed by atoms with E-state index in [1.807, 2.05) is 0 Å².